The first kappa shape index (κ1) is 27.0. The van der Waals surface area contributed by atoms with Gasteiger partial charge in [-0.3, -0.25) is 14.5 Å². The summed E-state index contributed by atoms with van der Waals surface area (Å²) in [6, 6.07) is 14.9. The van der Waals surface area contributed by atoms with Gasteiger partial charge in [0.15, 0.2) is 6.61 Å². The highest BCUT2D eigenvalue weighted by Gasteiger charge is 2.34. The summed E-state index contributed by atoms with van der Waals surface area (Å²) in [7, 11) is 4.94. The van der Waals surface area contributed by atoms with Gasteiger partial charge in [-0.1, -0.05) is 17.7 Å². The Hall–Kier alpha value is -5.06. The molecule has 202 valence electrons. The molecule has 2 N–H and O–H groups in total. The third kappa shape index (κ3) is 6.45. The van der Waals surface area contributed by atoms with E-state index in [0.29, 0.717) is 17.0 Å². The molecule has 1 fully saturated rings. The number of carbonyl (C=O) groups excluding carboxylic acids is 4. The third-order valence-electron chi connectivity index (χ3n) is 5.83. The molecular formula is C28H28N4O7. The van der Waals surface area contributed by atoms with E-state index in [0.717, 1.165) is 16.2 Å². The van der Waals surface area contributed by atoms with E-state index in [2.05, 4.69) is 15.4 Å². The molecule has 39 heavy (non-hydrogen) atoms. The quantitative estimate of drug-likeness (QED) is 0.243. The first-order chi connectivity index (χ1) is 18.6. The minimum absolute atomic E-state index is 0.0197. The van der Waals surface area contributed by atoms with E-state index in [1.54, 1.807) is 24.3 Å². The van der Waals surface area contributed by atoms with Crippen LogP contribution in [0.25, 0.3) is 6.08 Å². The predicted octanol–water partition coefficient (Wildman–Crippen LogP) is 3.55. The number of furan rings is 1. The summed E-state index contributed by atoms with van der Waals surface area (Å²) in [5.41, 5.74) is 3.04. The maximum Gasteiger partial charge on any atom is 0.373 e. The van der Waals surface area contributed by atoms with Crippen molar-refractivity contribution < 1.29 is 33.1 Å². The Bertz CT molecular complexity index is 1440. The lowest BCUT2D eigenvalue weighted by Gasteiger charge is -2.16. The van der Waals surface area contributed by atoms with Crippen molar-refractivity contribution in [3.8, 4) is 5.75 Å². The van der Waals surface area contributed by atoms with Crippen molar-refractivity contribution in [1.82, 2.24) is 10.2 Å². The highest BCUT2D eigenvalue weighted by molar-refractivity contribution is 6.14. The molecule has 0 atom stereocenters. The molecule has 11 heteroatoms. The zero-order valence-electron chi connectivity index (χ0n) is 21.9. The van der Waals surface area contributed by atoms with Crippen LogP contribution in [0.3, 0.4) is 0 Å². The second-order valence-electron chi connectivity index (χ2n) is 8.96. The Balaban J connectivity index is 1.50. The van der Waals surface area contributed by atoms with Crippen LogP contribution in [-0.2, 0) is 20.9 Å². The zero-order valence-corrected chi connectivity index (χ0v) is 21.9. The molecule has 0 aliphatic carbocycles. The summed E-state index contributed by atoms with van der Waals surface area (Å²) < 4.78 is 15.8. The Morgan fingerprint density at radius 3 is 2.51 bits per heavy atom. The first-order valence-corrected chi connectivity index (χ1v) is 12.0. The topological polar surface area (TPSA) is 130 Å². The van der Waals surface area contributed by atoms with Crippen molar-refractivity contribution in [2.24, 2.45) is 0 Å². The van der Waals surface area contributed by atoms with E-state index < -0.39 is 17.9 Å². The molecule has 0 bridgehead atoms. The van der Waals surface area contributed by atoms with Crippen molar-refractivity contribution in [3.05, 3.63) is 82.9 Å². The maximum absolute atomic E-state index is 13.0. The van der Waals surface area contributed by atoms with Gasteiger partial charge in [-0.2, -0.15) is 0 Å². The number of carbonyl (C=O) groups is 4. The second kappa shape index (κ2) is 11.5. The van der Waals surface area contributed by atoms with Crippen LogP contribution in [0, 0.1) is 6.92 Å². The largest absolute Gasteiger partial charge is 0.483 e. The number of esters is 1. The fourth-order valence-corrected chi connectivity index (χ4v) is 3.72. The van der Waals surface area contributed by atoms with Gasteiger partial charge in [-0.25, -0.2) is 9.59 Å². The van der Waals surface area contributed by atoms with Crippen LogP contribution in [0.5, 0.6) is 5.75 Å². The number of amides is 4. The van der Waals surface area contributed by atoms with E-state index in [-0.39, 0.29) is 36.3 Å². The SMILES string of the molecule is COC(=O)c1ccc(CN2C(=O)N/C(=C\c3ccc(N(C)C)cc3OCC(=O)Nc3ccc(C)cc3)C2=O)o1. The smallest absolute Gasteiger partial charge is 0.373 e. The van der Waals surface area contributed by atoms with Crippen LogP contribution in [-0.4, -0.2) is 56.5 Å². The Morgan fingerprint density at radius 1 is 1.08 bits per heavy atom. The summed E-state index contributed by atoms with van der Waals surface area (Å²) in [5, 5.41) is 5.33. The molecule has 4 rings (SSSR count). The summed E-state index contributed by atoms with van der Waals surface area (Å²) in [5.74, 6) is -1.06. The minimum atomic E-state index is -0.666. The van der Waals surface area contributed by atoms with Crippen molar-refractivity contribution >= 4 is 41.3 Å². The number of rotatable bonds is 9. The lowest BCUT2D eigenvalue weighted by atomic mass is 10.1. The van der Waals surface area contributed by atoms with Gasteiger partial charge in [0.05, 0.1) is 13.7 Å². The van der Waals surface area contributed by atoms with Gasteiger partial charge in [-0.15, -0.1) is 0 Å². The molecule has 2 aromatic carbocycles. The molecule has 2 heterocycles. The molecule has 11 nitrogen and oxygen atoms in total. The Kier molecular flexibility index (Phi) is 7.99. The number of benzene rings is 2. The molecule has 0 saturated carbocycles. The maximum atomic E-state index is 13.0. The number of methoxy groups -OCH3 is 1. The molecule has 1 aliphatic rings. The van der Waals surface area contributed by atoms with E-state index in [1.807, 2.05) is 44.1 Å². The fourth-order valence-electron chi connectivity index (χ4n) is 3.72. The first-order valence-electron chi connectivity index (χ1n) is 12.0. The van der Waals surface area contributed by atoms with Crippen LogP contribution < -0.4 is 20.3 Å². The molecule has 1 aromatic heterocycles. The normalized spacial score (nSPS) is 13.8. The molecule has 3 aromatic rings. The van der Waals surface area contributed by atoms with E-state index in [1.165, 1.54) is 25.3 Å². The monoisotopic (exact) mass is 532 g/mol. The van der Waals surface area contributed by atoms with E-state index in [9.17, 15) is 19.2 Å². The minimum Gasteiger partial charge on any atom is -0.483 e. The highest BCUT2D eigenvalue weighted by Crippen LogP contribution is 2.28. The van der Waals surface area contributed by atoms with Crippen LogP contribution in [0.2, 0.25) is 0 Å². The third-order valence-corrected chi connectivity index (χ3v) is 5.83. The number of imide groups is 1. The second-order valence-corrected chi connectivity index (χ2v) is 8.96. The highest BCUT2D eigenvalue weighted by atomic mass is 16.5. The fraction of sp³-hybridized carbons (Fsp3) is 0.214. The lowest BCUT2D eigenvalue weighted by Crippen LogP contribution is -2.30. The van der Waals surface area contributed by atoms with Crippen LogP contribution in [0.1, 0.15) is 27.4 Å². The Morgan fingerprint density at radius 2 is 1.82 bits per heavy atom. The molecule has 0 spiro atoms. The number of nitrogens with zero attached hydrogens (tertiary/aromatic N) is 2. The zero-order chi connectivity index (χ0) is 28.1. The summed E-state index contributed by atoms with van der Waals surface area (Å²) >= 11 is 0. The van der Waals surface area contributed by atoms with Crippen LogP contribution >= 0.6 is 0 Å². The summed E-state index contributed by atoms with van der Waals surface area (Å²) in [6.45, 7) is 1.51. The van der Waals surface area contributed by atoms with E-state index in [4.69, 9.17) is 9.15 Å². The van der Waals surface area contributed by atoms with Crippen molar-refractivity contribution in [2.75, 3.05) is 38.0 Å². The van der Waals surface area contributed by atoms with Gasteiger partial charge in [-0.05, 0) is 49.4 Å². The summed E-state index contributed by atoms with van der Waals surface area (Å²) in [6.07, 6.45) is 1.48. The van der Waals surface area contributed by atoms with Gasteiger partial charge >= 0.3 is 12.0 Å². The average molecular weight is 533 g/mol. The van der Waals surface area contributed by atoms with Crippen LogP contribution in [0.4, 0.5) is 16.2 Å². The number of anilines is 2. The van der Waals surface area contributed by atoms with E-state index >= 15 is 0 Å². The molecule has 1 saturated heterocycles. The number of hydrogen-bond acceptors (Lipinski definition) is 8. The summed E-state index contributed by atoms with van der Waals surface area (Å²) in [4.78, 5) is 52.5. The average Bonchev–Trinajstić information content (AvgIpc) is 3.49. The van der Waals surface area contributed by atoms with Gasteiger partial charge in [0, 0.05) is 37.1 Å². The number of urea groups is 1. The van der Waals surface area contributed by atoms with Gasteiger partial charge in [0.2, 0.25) is 5.76 Å². The molecule has 0 unspecified atom stereocenters. The van der Waals surface area contributed by atoms with Gasteiger partial charge in [0.1, 0.15) is 17.2 Å². The number of hydrogen-bond donors (Lipinski definition) is 2. The van der Waals surface area contributed by atoms with Crippen molar-refractivity contribution in [1.29, 1.82) is 0 Å². The number of ether oxygens (including phenoxy) is 2. The van der Waals surface area contributed by atoms with Crippen molar-refractivity contribution in [3.63, 3.8) is 0 Å². The van der Waals surface area contributed by atoms with Crippen LogP contribution in [0.15, 0.2) is 64.7 Å². The number of aryl methyl sites for hydroxylation is 1. The molecule has 0 radical (unpaired) electrons. The molecule has 4 amide bonds. The Labute approximate surface area is 225 Å². The van der Waals surface area contributed by atoms with Gasteiger partial charge < -0.3 is 29.4 Å². The number of nitrogens with one attached hydrogen (secondary N) is 2. The van der Waals surface area contributed by atoms with Gasteiger partial charge in [0.25, 0.3) is 11.8 Å². The predicted molar refractivity (Wildman–Crippen MR) is 143 cm³/mol. The van der Waals surface area contributed by atoms with Crippen molar-refractivity contribution in [2.45, 2.75) is 13.5 Å². The lowest BCUT2D eigenvalue weighted by molar-refractivity contribution is -0.123. The standard InChI is InChI=1S/C28H28N4O7/c1-17-5-8-19(9-6-17)29-25(33)16-38-24-14-20(31(2)3)10-7-18(24)13-22-26(34)32(28(36)30-22)15-21-11-12-23(39-21)27(35)37-4/h5-14H,15-16H2,1-4H3,(H,29,33)(H,30,36)/b22-13-. The molecular weight excluding hydrogens is 504 g/mol. The molecule has 1 aliphatic heterocycles.